The molecule has 0 fully saturated rings. The van der Waals surface area contributed by atoms with Gasteiger partial charge in [-0.1, -0.05) is 19.0 Å². The lowest BCUT2D eigenvalue weighted by Gasteiger charge is -2.11. The van der Waals surface area contributed by atoms with Crippen LogP contribution in [0.3, 0.4) is 0 Å². The van der Waals surface area contributed by atoms with E-state index in [0.717, 1.165) is 11.3 Å². The number of nitrogens with zero attached hydrogens (tertiary/aromatic N) is 1. The van der Waals surface area contributed by atoms with Crippen LogP contribution in [0.5, 0.6) is 11.5 Å². The molecular formula is C16H22N2O4. The Hall–Kier alpha value is -2.24. The maximum Gasteiger partial charge on any atom is 0.264 e. The third-order valence-corrected chi connectivity index (χ3v) is 3.36. The van der Waals surface area contributed by atoms with Gasteiger partial charge in [-0.25, -0.2) is 0 Å². The van der Waals surface area contributed by atoms with E-state index in [1.54, 1.807) is 14.2 Å². The monoisotopic (exact) mass is 306 g/mol. The van der Waals surface area contributed by atoms with Crippen molar-refractivity contribution in [2.75, 3.05) is 20.8 Å². The maximum atomic E-state index is 12.0. The van der Waals surface area contributed by atoms with E-state index in [4.69, 9.17) is 14.3 Å². The Labute approximate surface area is 130 Å². The molecule has 22 heavy (non-hydrogen) atoms. The van der Waals surface area contributed by atoms with Crippen molar-refractivity contribution in [1.29, 1.82) is 0 Å². The molecule has 6 nitrogen and oxygen atoms in total. The molecule has 1 amide bonds. The summed E-state index contributed by atoms with van der Waals surface area (Å²) in [6, 6.07) is 5.51. The van der Waals surface area contributed by atoms with Gasteiger partial charge in [0, 0.05) is 18.5 Å². The molecule has 1 heterocycles. The zero-order valence-corrected chi connectivity index (χ0v) is 13.4. The fourth-order valence-electron chi connectivity index (χ4n) is 2.12. The molecule has 1 aliphatic rings. The maximum absolute atomic E-state index is 12.0. The van der Waals surface area contributed by atoms with Crippen LogP contribution in [0.4, 0.5) is 0 Å². The molecule has 1 aliphatic heterocycles. The Balaban J connectivity index is 2.02. The summed E-state index contributed by atoms with van der Waals surface area (Å²) < 4.78 is 10.5. The summed E-state index contributed by atoms with van der Waals surface area (Å²) in [6.07, 6.45) is -0.124. The molecule has 0 aromatic heterocycles. The van der Waals surface area contributed by atoms with Crippen LogP contribution in [-0.4, -0.2) is 38.5 Å². The summed E-state index contributed by atoms with van der Waals surface area (Å²) in [6.45, 7) is 4.72. The zero-order valence-electron chi connectivity index (χ0n) is 13.4. The van der Waals surface area contributed by atoms with E-state index < -0.39 is 6.10 Å². The van der Waals surface area contributed by atoms with Gasteiger partial charge in [-0.05, 0) is 24.1 Å². The van der Waals surface area contributed by atoms with E-state index in [0.29, 0.717) is 30.4 Å². The van der Waals surface area contributed by atoms with Crippen molar-refractivity contribution in [3.63, 3.8) is 0 Å². The summed E-state index contributed by atoms with van der Waals surface area (Å²) >= 11 is 0. The topological polar surface area (TPSA) is 69.2 Å². The molecule has 2 rings (SSSR count). The molecule has 0 spiro atoms. The van der Waals surface area contributed by atoms with E-state index in [1.165, 1.54) is 0 Å². The average Bonchev–Trinajstić information content (AvgIpc) is 3.01. The van der Waals surface area contributed by atoms with E-state index in [2.05, 4.69) is 10.5 Å². The highest BCUT2D eigenvalue weighted by atomic mass is 16.6. The van der Waals surface area contributed by atoms with Crippen molar-refractivity contribution in [2.24, 2.45) is 11.1 Å². The second kappa shape index (κ2) is 7.15. The molecule has 0 radical (unpaired) electrons. The van der Waals surface area contributed by atoms with Crippen molar-refractivity contribution in [3.05, 3.63) is 23.8 Å². The fourth-order valence-corrected chi connectivity index (χ4v) is 2.12. The van der Waals surface area contributed by atoms with E-state index >= 15 is 0 Å². The van der Waals surface area contributed by atoms with Crippen LogP contribution in [0, 0.1) is 5.92 Å². The third kappa shape index (κ3) is 3.69. The second-order valence-corrected chi connectivity index (χ2v) is 5.54. The minimum atomic E-state index is -0.568. The number of methoxy groups -OCH3 is 2. The number of ether oxygens (including phenoxy) is 2. The van der Waals surface area contributed by atoms with Crippen molar-refractivity contribution in [1.82, 2.24) is 5.32 Å². The third-order valence-electron chi connectivity index (χ3n) is 3.36. The van der Waals surface area contributed by atoms with E-state index in [1.807, 2.05) is 32.0 Å². The van der Waals surface area contributed by atoms with Gasteiger partial charge in [0.1, 0.15) is 0 Å². The molecule has 1 atom stereocenters. The smallest absolute Gasteiger partial charge is 0.264 e. The van der Waals surface area contributed by atoms with Gasteiger partial charge >= 0.3 is 0 Å². The molecule has 0 unspecified atom stereocenters. The zero-order chi connectivity index (χ0) is 16.1. The highest BCUT2D eigenvalue weighted by molar-refractivity contribution is 6.04. The van der Waals surface area contributed by atoms with Gasteiger partial charge in [0.2, 0.25) is 6.10 Å². The van der Waals surface area contributed by atoms with Crippen LogP contribution < -0.4 is 14.8 Å². The molecule has 0 saturated heterocycles. The first-order valence-electron chi connectivity index (χ1n) is 7.28. The number of oxime groups is 1. The largest absolute Gasteiger partial charge is 0.493 e. The Morgan fingerprint density at radius 3 is 2.73 bits per heavy atom. The van der Waals surface area contributed by atoms with Crippen molar-refractivity contribution in [2.45, 2.75) is 26.4 Å². The molecule has 120 valence electrons. The van der Waals surface area contributed by atoms with Crippen molar-refractivity contribution in [3.8, 4) is 11.5 Å². The first kappa shape index (κ1) is 16.1. The number of carbonyl (C=O) groups is 1. The number of rotatable bonds is 6. The van der Waals surface area contributed by atoms with Gasteiger partial charge in [0.15, 0.2) is 11.5 Å². The van der Waals surface area contributed by atoms with Crippen LogP contribution >= 0.6 is 0 Å². The lowest BCUT2D eigenvalue weighted by Crippen LogP contribution is -2.36. The van der Waals surface area contributed by atoms with Crippen molar-refractivity contribution >= 4 is 11.6 Å². The Morgan fingerprint density at radius 1 is 1.36 bits per heavy atom. The molecule has 6 heteroatoms. The Bertz CT molecular complexity index is 569. The normalized spacial score (nSPS) is 17.0. The van der Waals surface area contributed by atoms with Gasteiger partial charge in [0.25, 0.3) is 5.91 Å². The SMILES string of the molecule is COc1ccc(C2=NO[C@@H](C(=O)NCC(C)C)C2)cc1OC. The minimum Gasteiger partial charge on any atom is -0.493 e. The first-order valence-corrected chi connectivity index (χ1v) is 7.28. The molecule has 1 aromatic carbocycles. The van der Waals surface area contributed by atoms with Crippen LogP contribution in [0.15, 0.2) is 23.4 Å². The quantitative estimate of drug-likeness (QED) is 0.872. The van der Waals surface area contributed by atoms with Gasteiger partial charge in [-0.15, -0.1) is 0 Å². The van der Waals surface area contributed by atoms with Gasteiger partial charge in [-0.2, -0.15) is 0 Å². The molecule has 1 aromatic rings. The number of carbonyl (C=O) groups excluding carboxylic acids is 1. The van der Waals surface area contributed by atoms with Crippen LogP contribution in [0.25, 0.3) is 0 Å². The van der Waals surface area contributed by atoms with Crippen molar-refractivity contribution < 1.29 is 19.1 Å². The highest BCUT2D eigenvalue weighted by Gasteiger charge is 2.29. The molecule has 0 aliphatic carbocycles. The summed E-state index contributed by atoms with van der Waals surface area (Å²) in [7, 11) is 3.17. The molecule has 0 bridgehead atoms. The summed E-state index contributed by atoms with van der Waals surface area (Å²) in [5.41, 5.74) is 1.59. The number of hydrogen-bond acceptors (Lipinski definition) is 5. The number of benzene rings is 1. The summed E-state index contributed by atoms with van der Waals surface area (Å²) in [4.78, 5) is 17.2. The lowest BCUT2D eigenvalue weighted by molar-refractivity contribution is -0.131. The van der Waals surface area contributed by atoms with Crippen LogP contribution in [0.1, 0.15) is 25.8 Å². The average molecular weight is 306 g/mol. The predicted octanol–water partition coefficient (Wildman–Crippen LogP) is 1.97. The second-order valence-electron chi connectivity index (χ2n) is 5.54. The predicted molar refractivity (Wildman–Crippen MR) is 83.4 cm³/mol. The highest BCUT2D eigenvalue weighted by Crippen LogP contribution is 2.29. The lowest BCUT2D eigenvalue weighted by atomic mass is 10.0. The number of hydrogen-bond donors (Lipinski definition) is 1. The number of nitrogens with one attached hydrogen (secondary N) is 1. The summed E-state index contributed by atoms with van der Waals surface area (Å²) in [5, 5.41) is 6.88. The Kier molecular flexibility index (Phi) is 5.25. The van der Waals surface area contributed by atoms with Crippen LogP contribution in [0.2, 0.25) is 0 Å². The number of amides is 1. The summed E-state index contributed by atoms with van der Waals surface area (Å²) in [5.74, 6) is 1.54. The van der Waals surface area contributed by atoms with E-state index in [9.17, 15) is 4.79 Å². The molecule has 0 saturated carbocycles. The molecular weight excluding hydrogens is 284 g/mol. The Morgan fingerprint density at radius 2 is 2.09 bits per heavy atom. The van der Waals surface area contributed by atoms with E-state index in [-0.39, 0.29) is 5.91 Å². The fraction of sp³-hybridized carbons (Fsp3) is 0.500. The first-order chi connectivity index (χ1) is 10.5. The van der Waals surface area contributed by atoms with Crippen LogP contribution in [-0.2, 0) is 9.63 Å². The van der Waals surface area contributed by atoms with Gasteiger partial charge in [0.05, 0.1) is 19.9 Å². The minimum absolute atomic E-state index is 0.132. The van der Waals surface area contributed by atoms with Gasteiger partial charge < -0.3 is 19.6 Å². The standard InChI is InChI=1S/C16H22N2O4/c1-10(2)9-17-16(19)15-8-12(18-22-15)11-5-6-13(20-3)14(7-11)21-4/h5-7,10,15H,8-9H2,1-4H3,(H,17,19)/t15-/m1/s1. The van der Waals surface area contributed by atoms with Gasteiger partial charge in [-0.3, -0.25) is 4.79 Å². The molecule has 1 N–H and O–H groups in total.